The molecule has 3 atom stereocenters. The summed E-state index contributed by atoms with van der Waals surface area (Å²) < 4.78 is 5.24. The molecule has 18 heavy (non-hydrogen) atoms. The Bertz CT molecular complexity index is 282. The Morgan fingerprint density at radius 1 is 1.44 bits per heavy atom. The van der Waals surface area contributed by atoms with Crippen molar-refractivity contribution in [2.24, 2.45) is 5.92 Å². The SMILES string of the molecule is CCOCC(O)CN1CCCC1C1CCCC1=O. The van der Waals surface area contributed by atoms with E-state index >= 15 is 0 Å². The number of likely N-dealkylation sites (tertiary alicyclic amines) is 1. The van der Waals surface area contributed by atoms with Gasteiger partial charge in [-0.25, -0.2) is 0 Å². The minimum absolute atomic E-state index is 0.229. The number of carbonyl (C=O) groups excluding carboxylic acids is 1. The Hall–Kier alpha value is -0.450. The Labute approximate surface area is 109 Å². The number of nitrogens with zero attached hydrogens (tertiary/aromatic N) is 1. The minimum Gasteiger partial charge on any atom is -0.389 e. The van der Waals surface area contributed by atoms with Gasteiger partial charge in [-0.15, -0.1) is 0 Å². The zero-order valence-corrected chi connectivity index (χ0v) is 11.3. The highest BCUT2D eigenvalue weighted by Crippen LogP contribution is 2.33. The Kier molecular flexibility index (Phi) is 5.15. The lowest BCUT2D eigenvalue weighted by atomic mass is 9.95. The predicted molar refractivity (Wildman–Crippen MR) is 69.4 cm³/mol. The van der Waals surface area contributed by atoms with Crippen LogP contribution in [0.3, 0.4) is 0 Å². The third-order valence-corrected chi connectivity index (χ3v) is 4.19. The van der Waals surface area contributed by atoms with Crippen LogP contribution in [0.2, 0.25) is 0 Å². The van der Waals surface area contributed by atoms with Crippen LogP contribution in [0.4, 0.5) is 0 Å². The van der Waals surface area contributed by atoms with Crippen LogP contribution in [-0.2, 0) is 9.53 Å². The van der Waals surface area contributed by atoms with Crippen molar-refractivity contribution < 1.29 is 14.6 Å². The number of ether oxygens (including phenoxy) is 1. The van der Waals surface area contributed by atoms with E-state index in [-0.39, 0.29) is 5.92 Å². The minimum atomic E-state index is -0.429. The number of ketones is 1. The Balaban J connectivity index is 1.85. The van der Waals surface area contributed by atoms with Crippen LogP contribution in [0.15, 0.2) is 0 Å². The van der Waals surface area contributed by atoms with Crippen LogP contribution in [-0.4, -0.2) is 54.2 Å². The maximum Gasteiger partial charge on any atom is 0.137 e. The quantitative estimate of drug-likeness (QED) is 0.775. The van der Waals surface area contributed by atoms with E-state index < -0.39 is 6.10 Å². The van der Waals surface area contributed by atoms with Crippen LogP contribution in [0.5, 0.6) is 0 Å². The average molecular weight is 255 g/mol. The molecule has 1 saturated carbocycles. The number of β-amino-alcohol motifs (C(OH)–C–C–N with tert-alkyl or cyclic N) is 1. The summed E-state index contributed by atoms with van der Waals surface area (Å²) in [5.74, 6) is 0.665. The van der Waals surface area contributed by atoms with E-state index in [0.717, 1.165) is 38.6 Å². The molecule has 4 nitrogen and oxygen atoms in total. The maximum absolute atomic E-state index is 11.9. The van der Waals surface area contributed by atoms with Crippen LogP contribution in [0, 0.1) is 5.92 Å². The molecule has 1 aliphatic heterocycles. The third-order valence-electron chi connectivity index (χ3n) is 4.19. The lowest BCUT2D eigenvalue weighted by Crippen LogP contribution is -2.42. The molecule has 0 bridgehead atoms. The van der Waals surface area contributed by atoms with Crippen molar-refractivity contribution in [1.29, 1.82) is 0 Å². The Morgan fingerprint density at radius 3 is 2.94 bits per heavy atom. The number of hydrogen-bond donors (Lipinski definition) is 1. The molecule has 104 valence electrons. The molecule has 2 rings (SSSR count). The van der Waals surface area contributed by atoms with Crippen molar-refractivity contribution in [3.8, 4) is 0 Å². The van der Waals surface area contributed by atoms with Crippen molar-refractivity contribution in [2.45, 2.75) is 51.2 Å². The average Bonchev–Trinajstić information content (AvgIpc) is 2.95. The fourth-order valence-electron chi connectivity index (χ4n) is 3.36. The van der Waals surface area contributed by atoms with E-state index in [4.69, 9.17) is 4.74 Å². The second kappa shape index (κ2) is 6.64. The fourth-order valence-corrected chi connectivity index (χ4v) is 3.36. The fraction of sp³-hybridized carbons (Fsp3) is 0.929. The van der Waals surface area contributed by atoms with E-state index in [2.05, 4.69) is 4.90 Å². The van der Waals surface area contributed by atoms with E-state index in [1.165, 1.54) is 0 Å². The number of carbonyl (C=O) groups is 1. The molecular formula is C14H25NO3. The van der Waals surface area contributed by atoms with Gasteiger partial charge in [-0.3, -0.25) is 9.69 Å². The van der Waals surface area contributed by atoms with Crippen molar-refractivity contribution in [3.63, 3.8) is 0 Å². The number of Topliss-reactive ketones (excluding diaryl/α,β-unsaturated/α-hetero) is 1. The molecule has 2 aliphatic rings. The van der Waals surface area contributed by atoms with E-state index in [1.807, 2.05) is 6.92 Å². The molecule has 0 amide bonds. The lowest BCUT2D eigenvalue weighted by Gasteiger charge is -2.30. The van der Waals surface area contributed by atoms with Crippen molar-refractivity contribution in [2.75, 3.05) is 26.3 Å². The normalized spacial score (nSPS) is 31.1. The summed E-state index contributed by atoms with van der Waals surface area (Å²) in [6.07, 6.45) is 4.68. The van der Waals surface area contributed by atoms with Gasteiger partial charge in [0.1, 0.15) is 5.78 Å². The summed E-state index contributed by atoms with van der Waals surface area (Å²) >= 11 is 0. The van der Waals surface area contributed by atoms with Gasteiger partial charge >= 0.3 is 0 Å². The van der Waals surface area contributed by atoms with Gasteiger partial charge in [0.15, 0.2) is 0 Å². The highest BCUT2D eigenvalue weighted by Gasteiger charge is 2.38. The van der Waals surface area contributed by atoms with Crippen LogP contribution < -0.4 is 0 Å². The second-order valence-corrected chi connectivity index (χ2v) is 5.48. The standard InChI is InChI=1S/C14H25NO3/c1-2-18-10-11(16)9-15-8-4-6-13(15)12-5-3-7-14(12)17/h11-13,16H,2-10H2,1H3. The van der Waals surface area contributed by atoms with E-state index in [0.29, 0.717) is 31.6 Å². The van der Waals surface area contributed by atoms with Gasteiger partial charge in [-0.1, -0.05) is 0 Å². The number of aliphatic hydroxyl groups is 1. The first-order valence-electron chi connectivity index (χ1n) is 7.25. The summed E-state index contributed by atoms with van der Waals surface area (Å²) in [4.78, 5) is 14.2. The molecule has 0 aromatic carbocycles. The second-order valence-electron chi connectivity index (χ2n) is 5.48. The lowest BCUT2D eigenvalue weighted by molar-refractivity contribution is -0.122. The van der Waals surface area contributed by atoms with Crippen LogP contribution in [0.1, 0.15) is 39.0 Å². The topological polar surface area (TPSA) is 49.8 Å². The van der Waals surface area contributed by atoms with E-state index in [9.17, 15) is 9.90 Å². The number of rotatable bonds is 6. The highest BCUT2D eigenvalue weighted by atomic mass is 16.5. The zero-order chi connectivity index (χ0) is 13.0. The molecule has 1 aliphatic carbocycles. The maximum atomic E-state index is 11.9. The van der Waals surface area contributed by atoms with Gasteiger partial charge in [-0.05, 0) is 39.2 Å². The Morgan fingerprint density at radius 2 is 2.28 bits per heavy atom. The van der Waals surface area contributed by atoms with Gasteiger partial charge in [-0.2, -0.15) is 0 Å². The summed E-state index contributed by atoms with van der Waals surface area (Å²) in [6, 6.07) is 0.372. The van der Waals surface area contributed by atoms with Crippen molar-refractivity contribution in [3.05, 3.63) is 0 Å². The summed E-state index contributed by atoms with van der Waals surface area (Å²) in [5.41, 5.74) is 0. The monoisotopic (exact) mass is 255 g/mol. The first-order chi connectivity index (χ1) is 8.72. The molecule has 1 heterocycles. The molecule has 0 aromatic heterocycles. The molecule has 2 fully saturated rings. The highest BCUT2D eigenvalue weighted by molar-refractivity contribution is 5.83. The molecule has 0 aromatic rings. The summed E-state index contributed by atoms with van der Waals surface area (Å²) in [6.45, 7) is 4.63. The molecule has 0 spiro atoms. The van der Waals surface area contributed by atoms with Crippen LogP contribution >= 0.6 is 0 Å². The van der Waals surface area contributed by atoms with Crippen LogP contribution in [0.25, 0.3) is 0 Å². The first-order valence-corrected chi connectivity index (χ1v) is 7.25. The smallest absolute Gasteiger partial charge is 0.137 e. The zero-order valence-electron chi connectivity index (χ0n) is 11.3. The van der Waals surface area contributed by atoms with Gasteiger partial charge in [0.2, 0.25) is 0 Å². The van der Waals surface area contributed by atoms with Crippen molar-refractivity contribution in [1.82, 2.24) is 4.90 Å². The van der Waals surface area contributed by atoms with Crippen molar-refractivity contribution >= 4 is 5.78 Å². The molecule has 1 saturated heterocycles. The van der Waals surface area contributed by atoms with Gasteiger partial charge in [0.25, 0.3) is 0 Å². The molecule has 1 N–H and O–H groups in total. The van der Waals surface area contributed by atoms with Gasteiger partial charge in [0.05, 0.1) is 12.7 Å². The molecule has 3 unspecified atom stereocenters. The predicted octanol–water partition coefficient (Wildman–Crippen LogP) is 1.22. The number of aliphatic hydroxyl groups excluding tert-OH is 1. The third kappa shape index (κ3) is 3.31. The van der Waals surface area contributed by atoms with Gasteiger partial charge < -0.3 is 9.84 Å². The van der Waals surface area contributed by atoms with E-state index in [1.54, 1.807) is 0 Å². The summed E-state index contributed by atoms with van der Waals surface area (Å²) in [5, 5.41) is 9.92. The summed E-state index contributed by atoms with van der Waals surface area (Å²) in [7, 11) is 0. The largest absolute Gasteiger partial charge is 0.389 e. The molecule has 4 heteroatoms. The molecular weight excluding hydrogens is 230 g/mol. The molecule has 0 radical (unpaired) electrons. The van der Waals surface area contributed by atoms with Gasteiger partial charge in [0, 0.05) is 31.5 Å². The first kappa shape index (κ1) is 14.0. The number of hydrogen-bond acceptors (Lipinski definition) is 4.